The first kappa shape index (κ1) is 12.5. The Hall–Kier alpha value is -2.53. The van der Waals surface area contributed by atoms with Crippen LogP contribution in [0, 0.1) is 0 Å². The minimum atomic E-state index is -0.830. The number of ketones is 2. The van der Waals surface area contributed by atoms with E-state index in [0.29, 0.717) is 0 Å². The van der Waals surface area contributed by atoms with Crippen molar-refractivity contribution in [2.24, 2.45) is 0 Å². The van der Waals surface area contributed by atoms with Gasteiger partial charge in [-0.1, -0.05) is 35.9 Å². The number of hydrogen-bond acceptors (Lipinski definition) is 5. The summed E-state index contributed by atoms with van der Waals surface area (Å²) in [6, 6.07) is 6.02. The van der Waals surface area contributed by atoms with Gasteiger partial charge in [0.2, 0.25) is 0 Å². The van der Waals surface area contributed by atoms with Crippen LogP contribution in [0.4, 0.5) is 0 Å². The lowest BCUT2D eigenvalue weighted by Crippen LogP contribution is -2.21. The Morgan fingerprint density at radius 2 is 1.20 bits per heavy atom. The lowest BCUT2D eigenvalue weighted by molar-refractivity contribution is 0.0973. The smallest absolute Gasteiger partial charge is 0.198 e. The Bertz CT molecular complexity index is 729. The van der Waals surface area contributed by atoms with Gasteiger partial charge in [0.1, 0.15) is 10.8 Å². The number of carbonyl (C=O) groups is 2. The summed E-state index contributed by atoms with van der Waals surface area (Å²) in [7, 11) is 0. The second-order valence-electron chi connectivity index (χ2n) is 4.31. The number of aromatic hydroxyl groups is 3. The van der Waals surface area contributed by atoms with Crippen molar-refractivity contribution in [3.8, 4) is 17.2 Å². The predicted octanol–water partition coefficient (Wildman–Crippen LogP) is 2.23. The average Bonchev–Trinajstić information content (AvgIpc) is 2.46. The molecule has 0 bridgehead atoms. The van der Waals surface area contributed by atoms with Gasteiger partial charge in [0, 0.05) is 11.1 Å². The maximum Gasteiger partial charge on any atom is 0.198 e. The first-order chi connectivity index (χ1) is 9.45. The third-order valence-electron chi connectivity index (χ3n) is 3.23. The SMILES string of the molecule is O=C1c2ccccc2C(=O)c2c(O)c(Cl)c(O)c(O)c21. The molecule has 0 aliphatic heterocycles. The van der Waals surface area contributed by atoms with E-state index in [9.17, 15) is 24.9 Å². The van der Waals surface area contributed by atoms with E-state index >= 15 is 0 Å². The van der Waals surface area contributed by atoms with E-state index in [1.165, 1.54) is 12.1 Å². The Labute approximate surface area is 117 Å². The number of phenols is 3. The normalized spacial score (nSPS) is 13.1. The molecule has 20 heavy (non-hydrogen) atoms. The second-order valence-corrected chi connectivity index (χ2v) is 4.69. The van der Waals surface area contributed by atoms with Crippen LogP contribution >= 0.6 is 11.6 Å². The molecule has 0 fully saturated rings. The molecule has 5 nitrogen and oxygen atoms in total. The lowest BCUT2D eigenvalue weighted by atomic mass is 9.83. The van der Waals surface area contributed by atoms with Crippen molar-refractivity contribution in [1.29, 1.82) is 0 Å². The van der Waals surface area contributed by atoms with Crippen molar-refractivity contribution >= 4 is 23.2 Å². The number of hydrogen-bond donors (Lipinski definition) is 3. The molecule has 0 atom stereocenters. The highest BCUT2D eigenvalue weighted by atomic mass is 35.5. The summed E-state index contributed by atoms with van der Waals surface area (Å²) in [6.45, 7) is 0. The van der Waals surface area contributed by atoms with Crippen LogP contribution in [0.3, 0.4) is 0 Å². The molecule has 0 unspecified atom stereocenters. The third-order valence-corrected chi connectivity index (χ3v) is 3.59. The molecule has 1 aliphatic carbocycles. The molecule has 1 aliphatic rings. The molecule has 0 saturated carbocycles. The molecule has 0 heterocycles. The van der Waals surface area contributed by atoms with Crippen molar-refractivity contribution in [1.82, 2.24) is 0 Å². The molecular formula is C14H7ClO5. The molecular weight excluding hydrogens is 284 g/mol. The molecule has 3 rings (SSSR count). The van der Waals surface area contributed by atoms with E-state index < -0.39 is 45.0 Å². The fraction of sp³-hybridized carbons (Fsp3) is 0. The molecule has 0 aromatic heterocycles. The molecule has 0 spiro atoms. The van der Waals surface area contributed by atoms with Gasteiger partial charge in [-0.25, -0.2) is 0 Å². The van der Waals surface area contributed by atoms with Crippen LogP contribution in [0.25, 0.3) is 0 Å². The van der Waals surface area contributed by atoms with Gasteiger partial charge in [-0.05, 0) is 0 Å². The van der Waals surface area contributed by atoms with Crippen molar-refractivity contribution in [2.75, 3.05) is 0 Å². The molecule has 100 valence electrons. The second kappa shape index (κ2) is 3.98. The number of phenolic OH excluding ortho intramolecular Hbond substituents is 3. The predicted molar refractivity (Wildman–Crippen MR) is 69.8 cm³/mol. The third kappa shape index (κ3) is 1.38. The van der Waals surface area contributed by atoms with Crippen LogP contribution < -0.4 is 0 Å². The van der Waals surface area contributed by atoms with Crippen LogP contribution in [0.2, 0.25) is 5.02 Å². The summed E-state index contributed by atoms with van der Waals surface area (Å²) in [4.78, 5) is 24.6. The van der Waals surface area contributed by atoms with Crippen LogP contribution in [-0.2, 0) is 0 Å². The Morgan fingerprint density at radius 3 is 1.70 bits per heavy atom. The minimum Gasteiger partial charge on any atom is -0.505 e. The van der Waals surface area contributed by atoms with E-state index in [1.54, 1.807) is 12.1 Å². The zero-order valence-corrected chi connectivity index (χ0v) is 10.6. The Kier molecular flexibility index (Phi) is 2.49. The first-order valence-electron chi connectivity index (χ1n) is 5.60. The maximum absolute atomic E-state index is 12.3. The van der Waals surface area contributed by atoms with E-state index in [2.05, 4.69) is 0 Å². The fourth-order valence-corrected chi connectivity index (χ4v) is 2.46. The summed E-state index contributed by atoms with van der Waals surface area (Å²) in [5, 5.41) is 28.8. The molecule has 0 saturated heterocycles. The van der Waals surface area contributed by atoms with Crippen molar-refractivity contribution in [3.63, 3.8) is 0 Å². The number of rotatable bonds is 0. The number of carbonyl (C=O) groups excluding carboxylic acids is 2. The molecule has 0 amide bonds. The number of halogens is 1. The molecule has 2 aromatic rings. The Morgan fingerprint density at radius 1 is 0.750 bits per heavy atom. The highest BCUT2D eigenvalue weighted by Crippen LogP contribution is 2.48. The highest BCUT2D eigenvalue weighted by Gasteiger charge is 2.37. The summed E-state index contributed by atoms with van der Waals surface area (Å²) >= 11 is 5.64. The highest BCUT2D eigenvalue weighted by molar-refractivity contribution is 6.37. The first-order valence-corrected chi connectivity index (χ1v) is 5.97. The minimum absolute atomic E-state index is 0.0985. The van der Waals surface area contributed by atoms with Crippen LogP contribution in [0.5, 0.6) is 17.2 Å². The molecule has 3 N–H and O–H groups in total. The summed E-state index contributed by atoms with van der Waals surface area (Å²) in [5.74, 6) is -3.65. The number of fused-ring (bicyclic) bond motifs is 2. The molecule has 0 radical (unpaired) electrons. The lowest BCUT2D eigenvalue weighted by Gasteiger charge is -2.20. The van der Waals surface area contributed by atoms with Crippen molar-refractivity contribution in [3.05, 3.63) is 51.5 Å². The average molecular weight is 291 g/mol. The van der Waals surface area contributed by atoms with Gasteiger partial charge in [0.05, 0.1) is 11.1 Å². The standard InChI is InChI=1S/C14H7ClO5/c15-9-12(18)7-8(13(19)14(9)20)11(17)6-4-2-1-3-5(6)10(7)16/h1-4,18-20H. The van der Waals surface area contributed by atoms with Crippen LogP contribution in [0.15, 0.2) is 24.3 Å². The van der Waals surface area contributed by atoms with Gasteiger partial charge in [-0.3, -0.25) is 9.59 Å². The van der Waals surface area contributed by atoms with Gasteiger partial charge in [0.15, 0.2) is 23.1 Å². The van der Waals surface area contributed by atoms with E-state index in [-0.39, 0.29) is 11.1 Å². The number of benzene rings is 2. The fourth-order valence-electron chi connectivity index (χ4n) is 2.27. The van der Waals surface area contributed by atoms with Gasteiger partial charge >= 0.3 is 0 Å². The van der Waals surface area contributed by atoms with Crippen molar-refractivity contribution < 1.29 is 24.9 Å². The van der Waals surface area contributed by atoms with Crippen LogP contribution in [-0.4, -0.2) is 26.9 Å². The summed E-state index contributed by atoms with van der Waals surface area (Å²) < 4.78 is 0. The van der Waals surface area contributed by atoms with Gasteiger partial charge in [0.25, 0.3) is 0 Å². The van der Waals surface area contributed by atoms with Gasteiger partial charge < -0.3 is 15.3 Å². The van der Waals surface area contributed by atoms with E-state index in [4.69, 9.17) is 11.6 Å². The van der Waals surface area contributed by atoms with Crippen LogP contribution in [0.1, 0.15) is 31.8 Å². The zero-order chi connectivity index (χ0) is 14.6. The summed E-state index contributed by atoms with van der Waals surface area (Å²) in [5.41, 5.74) is -0.620. The van der Waals surface area contributed by atoms with Crippen molar-refractivity contribution in [2.45, 2.75) is 0 Å². The molecule has 6 heteroatoms. The zero-order valence-electron chi connectivity index (χ0n) is 9.85. The largest absolute Gasteiger partial charge is 0.505 e. The monoisotopic (exact) mass is 290 g/mol. The van der Waals surface area contributed by atoms with Gasteiger partial charge in [-0.15, -0.1) is 0 Å². The van der Waals surface area contributed by atoms with Gasteiger partial charge in [-0.2, -0.15) is 0 Å². The Balaban J connectivity index is 2.46. The topological polar surface area (TPSA) is 94.8 Å². The van der Waals surface area contributed by atoms with E-state index in [1.807, 2.05) is 0 Å². The molecule has 2 aromatic carbocycles. The summed E-state index contributed by atoms with van der Waals surface area (Å²) in [6.07, 6.45) is 0. The maximum atomic E-state index is 12.3. The quantitative estimate of drug-likeness (QED) is 0.436. The van der Waals surface area contributed by atoms with E-state index in [0.717, 1.165) is 0 Å².